The van der Waals surface area contributed by atoms with Gasteiger partial charge >= 0.3 is 5.97 Å². The molecule has 0 heterocycles. The van der Waals surface area contributed by atoms with Gasteiger partial charge in [0.2, 0.25) is 0 Å². The lowest BCUT2D eigenvalue weighted by Crippen LogP contribution is -2.13. The molecule has 0 bridgehead atoms. The van der Waals surface area contributed by atoms with E-state index in [1.165, 1.54) is 12.2 Å². The lowest BCUT2D eigenvalue weighted by Gasteiger charge is -2.01. The van der Waals surface area contributed by atoms with Crippen molar-refractivity contribution in [3.63, 3.8) is 0 Å². The molecular weight excluding hydrogens is 146 g/mol. The average molecular weight is 155 g/mol. The second-order valence-corrected chi connectivity index (χ2v) is 1.71. The Balaban J connectivity index is 4.61. The van der Waals surface area contributed by atoms with Crippen LogP contribution in [-0.2, 0) is 4.79 Å². The Morgan fingerprint density at radius 1 is 1.55 bits per heavy atom. The number of hydrogen-bond donors (Lipinski definition) is 3. The number of allylic oxidation sites excluding steroid dienone is 2. The topological polar surface area (TPSA) is 69.6 Å². The summed E-state index contributed by atoms with van der Waals surface area (Å²) in [5.41, 5.74) is 1.45. The summed E-state index contributed by atoms with van der Waals surface area (Å²) in [5, 5.41) is 16.8. The molecule has 0 aliphatic carbocycles. The van der Waals surface area contributed by atoms with Gasteiger partial charge in [0.05, 0.1) is 11.3 Å². The molecule has 11 heavy (non-hydrogen) atoms. The standard InChI is InChI=1S/C7H9NO3/c1-3-4-6(7(9)10)5(2)8-11/h3-4,8,11H,1-2H2,(H,9,10)/b6-4+. The summed E-state index contributed by atoms with van der Waals surface area (Å²) < 4.78 is 0. The molecule has 0 spiro atoms. The van der Waals surface area contributed by atoms with E-state index >= 15 is 0 Å². The second kappa shape index (κ2) is 4.29. The zero-order valence-electron chi connectivity index (χ0n) is 5.87. The van der Waals surface area contributed by atoms with E-state index in [4.69, 9.17) is 10.3 Å². The Morgan fingerprint density at radius 2 is 2.09 bits per heavy atom. The Hall–Kier alpha value is -1.55. The molecule has 0 aliphatic heterocycles. The number of rotatable bonds is 4. The van der Waals surface area contributed by atoms with Crippen LogP contribution in [0, 0.1) is 0 Å². The fourth-order valence-electron chi connectivity index (χ4n) is 0.479. The van der Waals surface area contributed by atoms with Gasteiger partial charge in [-0.25, -0.2) is 4.79 Å². The van der Waals surface area contributed by atoms with E-state index in [0.717, 1.165) is 0 Å². The maximum absolute atomic E-state index is 10.4. The lowest BCUT2D eigenvalue weighted by molar-refractivity contribution is -0.132. The Labute approximate surface area is 64.1 Å². The molecule has 4 heteroatoms. The summed E-state index contributed by atoms with van der Waals surface area (Å²) in [6.45, 7) is 6.56. The van der Waals surface area contributed by atoms with Crippen molar-refractivity contribution < 1.29 is 15.1 Å². The van der Waals surface area contributed by atoms with Gasteiger partial charge < -0.3 is 5.11 Å². The van der Waals surface area contributed by atoms with Crippen LogP contribution < -0.4 is 5.48 Å². The molecule has 3 N–H and O–H groups in total. The van der Waals surface area contributed by atoms with E-state index < -0.39 is 5.97 Å². The monoisotopic (exact) mass is 155 g/mol. The van der Waals surface area contributed by atoms with Crippen molar-refractivity contribution in [1.29, 1.82) is 0 Å². The van der Waals surface area contributed by atoms with Crippen LogP contribution >= 0.6 is 0 Å². The van der Waals surface area contributed by atoms with Gasteiger partial charge in [0.15, 0.2) is 0 Å². The van der Waals surface area contributed by atoms with Gasteiger partial charge in [0, 0.05) is 0 Å². The van der Waals surface area contributed by atoms with Crippen molar-refractivity contribution in [2.24, 2.45) is 0 Å². The summed E-state index contributed by atoms with van der Waals surface area (Å²) in [5.74, 6) is -1.17. The third kappa shape index (κ3) is 2.68. The van der Waals surface area contributed by atoms with Crippen molar-refractivity contribution in [1.82, 2.24) is 5.48 Å². The third-order valence-corrected chi connectivity index (χ3v) is 0.975. The lowest BCUT2D eigenvalue weighted by atomic mass is 10.2. The first kappa shape index (κ1) is 9.45. The minimum absolute atomic E-state index is 0.0719. The largest absolute Gasteiger partial charge is 0.478 e. The van der Waals surface area contributed by atoms with Gasteiger partial charge in [-0.2, -0.15) is 0 Å². The van der Waals surface area contributed by atoms with Gasteiger partial charge in [-0.05, 0) is 6.08 Å². The molecule has 0 aromatic heterocycles. The SMILES string of the molecule is C=C/C=C(\C(=C)NO)C(=O)O. The van der Waals surface area contributed by atoms with Crippen LogP contribution in [0.5, 0.6) is 0 Å². The molecule has 0 saturated carbocycles. The van der Waals surface area contributed by atoms with Gasteiger partial charge in [0.1, 0.15) is 0 Å². The summed E-state index contributed by atoms with van der Waals surface area (Å²) in [7, 11) is 0. The number of carboxylic acids is 1. The molecule has 4 nitrogen and oxygen atoms in total. The molecule has 0 amide bonds. The first-order valence-corrected chi connectivity index (χ1v) is 2.79. The molecule has 0 saturated heterocycles. The van der Waals surface area contributed by atoms with E-state index in [-0.39, 0.29) is 11.3 Å². The van der Waals surface area contributed by atoms with Crippen LogP contribution in [0.4, 0.5) is 0 Å². The Bertz CT molecular complexity index is 218. The molecule has 0 aromatic rings. The van der Waals surface area contributed by atoms with Gasteiger partial charge in [-0.15, -0.1) is 0 Å². The average Bonchev–Trinajstić information content (AvgIpc) is 1.98. The van der Waals surface area contributed by atoms with Crippen molar-refractivity contribution >= 4 is 5.97 Å². The summed E-state index contributed by atoms with van der Waals surface area (Å²) in [6.07, 6.45) is 2.53. The maximum atomic E-state index is 10.4. The molecule has 0 unspecified atom stereocenters. The first-order valence-electron chi connectivity index (χ1n) is 2.79. The summed E-state index contributed by atoms with van der Waals surface area (Å²) >= 11 is 0. The molecule has 0 fully saturated rings. The van der Waals surface area contributed by atoms with Gasteiger partial charge in [0.25, 0.3) is 0 Å². The quantitative estimate of drug-likeness (QED) is 0.317. The normalized spacial score (nSPS) is 10.5. The molecule has 0 aromatic carbocycles. The van der Waals surface area contributed by atoms with Crippen molar-refractivity contribution in [2.45, 2.75) is 0 Å². The smallest absolute Gasteiger partial charge is 0.337 e. The van der Waals surface area contributed by atoms with Crippen LogP contribution in [0.2, 0.25) is 0 Å². The van der Waals surface area contributed by atoms with Crippen molar-refractivity contribution in [2.75, 3.05) is 0 Å². The molecule has 0 aliphatic rings. The predicted octanol–water partition coefficient (Wildman–Crippen LogP) is 0.676. The zero-order valence-corrected chi connectivity index (χ0v) is 5.87. The van der Waals surface area contributed by atoms with Crippen LogP contribution in [-0.4, -0.2) is 16.3 Å². The highest BCUT2D eigenvalue weighted by molar-refractivity contribution is 5.91. The molecule has 0 rings (SSSR count). The van der Waals surface area contributed by atoms with E-state index in [0.29, 0.717) is 0 Å². The number of aliphatic carboxylic acids is 1. The molecular formula is C7H9NO3. The fourth-order valence-corrected chi connectivity index (χ4v) is 0.479. The number of carboxylic acid groups (broad SMARTS) is 1. The minimum Gasteiger partial charge on any atom is -0.478 e. The third-order valence-electron chi connectivity index (χ3n) is 0.975. The fraction of sp³-hybridized carbons (Fsp3) is 0. The number of carbonyl (C=O) groups is 1. The van der Waals surface area contributed by atoms with Crippen molar-refractivity contribution in [3.8, 4) is 0 Å². The van der Waals surface area contributed by atoms with Gasteiger partial charge in [-0.3, -0.25) is 10.7 Å². The maximum Gasteiger partial charge on any atom is 0.337 e. The number of hydroxylamine groups is 1. The molecule has 60 valence electrons. The molecule has 0 atom stereocenters. The Morgan fingerprint density at radius 3 is 2.36 bits per heavy atom. The van der Waals surface area contributed by atoms with Crippen LogP contribution in [0.15, 0.2) is 36.6 Å². The summed E-state index contributed by atoms with van der Waals surface area (Å²) in [4.78, 5) is 10.4. The molecule has 0 radical (unpaired) electrons. The highest BCUT2D eigenvalue weighted by atomic mass is 16.5. The van der Waals surface area contributed by atoms with E-state index in [1.54, 1.807) is 5.48 Å². The van der Waals surface area contributed by atoms with E-state index in [1.807, 2.05) is 0 Å². The predicted molar refractivity (Wildman–Crippen MR) is 40.0 cm³/mol. The number of nitrogens with one attached hydrogen (secondary N) is 1. The highest BCUT2D eigenvalue weighted by Gasteiger charge is 2.08. The van der Waals surface area contributed by atoms with Gasteiger partial charge in [-0.1, -0.05) is 19.2 Å². The van der Waals surface area contributed by atoms with E-state index in [2.05, 4.69) is 13.2 Å². The summed E-state index contributed by atoms with van der Waals surface area (Å²) in [6, 6.07) is 0. The first-order chi connectivity index (χ1) is 5.13. The Kier molecular flexibility index (Phi) is 3.69. The highest BCUT2D eigenvalue weighted by Crippen LogP contribution is 2.03. The minimum atomic E-state index is -1.17. The second-order valence-electron chi connectivity index (χ2n) is 1.71. The number of hydrogen-bond acceptors (Lipinski definition) is 3. The van der Waals surface area contributed by atoms with Crippen LogP contribution in [0.3, 0.4) is 0 Å². The zero-order chi connectivity index (χ0) is 8.85. The van der Waals surface area contributed by atoms with Crippen LogP contribution in [0.25, 0.3) is 0 Å². The van der Waals surface area contributed by atoms with Crippen LogP contribution in [0.1, 0.15) is 0 Å². The van der Waals surface area contributed by atoms with E-state index in [9.17, 15) is 4.79 Å². The van der Waals surface area contributed by atoms with Crippen molar-refractivity contribution in [3.05, 3.63) is 36.6 Å².